The predicted octanol–water partition coefficient (Wildman–Crippen LogP) is 1.42. The Hall–Kier alpha value is -1.73. The molecule has 1 aromatic rings. The fourth-order valence-electron chi connectivity index (χ4n) is 3.20. The van der Waals surface area contributed by atoms with Gasteiger partial charge in [0.05, 0.1) is 11.4 Å². The fraction of sp³-hybridized carbons (Fsp3) is 0.529. The molecule has 1 aromatic carbocycles. The maximum Gasteiger partial charge on any atom is 0.248 e. The van der Waals surface area contributed by atoms with E-state index in [0.29, 0.717) is 17.7 Å². The lowest BCUT2D eigenvalue weighted by molar-refractivity contribution is -0.116. The Morgan fingerprint density at radius 3 is 2.79 bits per heavy atom. The number of rotatable bonds is 5. The van der Waals surface area contributed by atoms with Crippen molar-refractivity contribution < 1.29 is 9.59 Å². The van der Waals surface area contributed by atoms with Gasteiger partial charge in [0.15, 0.2) is 0 Å². The number of nitrogens with zero attached hydrogens (tertiary/aromatic N) is 1. The number of hydrogen-bond donors (Lipinski definition) is 3. The van der Waals surface area contributed by atoms with Gasteiger partial charge in [-0.25, -0.2) is 0 Å². The smallest absolute Gasteiger partial charge is 0.248 e. The topological polar surface area (TPSA) is 87.5 Å². The third-order valence-corrected chi connectivity index (χ3v) is 5.56. The second kappa shape index (κ2) is 7.90. The standard InChI is InChI=1S/C17H24N4O2S/c18-17(23)12-3-4-15(21-6-1-2-7-21)14(9-12)20-16(22)10-13-11-24-8-5-19-13/h3-4,9,13,19H,1-2,5-8,10-11H2,(H2,18,23)(H,20,22). The minimum atomic E-state index is -0.483. The molecule has 7 heteroatoms. The molecule has 2 aliphatic rings. The first-order valence-corrected chi connectivity index (χ1v) is 9.59. The van der Waals surface area contributed by atoms with Crippen LogP contribution in [0.5, 0.6) is 0 Å². The van der Waals surface area contributed by atoms with Crippen LogP contribution >= 0.6 is 11.8 Å². The minimum absolute atomic E-state index is 0.0305. The third-order valence-electron chi connectivity index (χ3n) is 4.43. The van der Waals surface area contributed by atoms with Crippen molar-refractivity contribution >= 4 is 35.0 Å². The van der Waals surface area contributed by atoms with E-state index in [-0.39, 0.29) is 11.9 Å². The summed E-state index contributed by atoms with van der Waals surface area (Å²) >= 11 is 1.87. The molecule has 2 fully saturated rings. The monoisotopic (exact) mass is 348 g/mol. The van der Waals surface area contributed by atoms with Gasteiger partial charge in [0, 0.05) is 49.2 Å². The van der Waals surface area contributed by atoms with Crippen LogP contribution in [0.25, 0.3) is 0 Å². The molecule has 1 unspecified atom stereocenters. The summed E-state index contributed by atoms with van der Waals surface area (Å²) in [4.78, 5) is 26.2. The van der Waals surface area contributed by atoms with E-state index in [2.05, 4.69) is 15.5 Å². The summed E-state index contributed by atoms with van der Waals surface area (Å²) in [7, 11) is 0. The molecule has 2 heterocycles. The number of benzene rings is 1. The highest BCUT2D eigenvalue weighted by molar-refractivity contribution is 7.99. The van der Waals surface area contributed by atoms with Crippen LogP contribution in [0.2, 0.25) is 0 Å². The lowest BCUT2D eigenvalue weighted by atomic mass is 10.1. The number of carbonyl (C=O) groups is 2. The molecule has 0 bridgehead atoms. The molecule has 24 heavy (non-hydrogen) atoms. The number of carbonyl (C=O) groups excluding carboxylic acids is 2. The zero-order valence-electron chi connectivity index (χ0n) is 13.7. The number of nitrogens with one attached hydrogen (secondary N) is 2. The van der Waals surface area contributed by atoms with Crippen LogP contribution in [-0.4, -0.2) is 49.0 Å². The molecule has 0 radical (unpaired) electrons. The number of primary amides is 1. The van der Waals surface area contributed by atoms with Crippen LogP contribution in [0.15, 0.2) is 18.2 Å². The number of thioether (sulfide) groups is 1. The maximum atomic E-state index is 12.4. The molecule has 3 rings (SSSR count). The van der Waals surface area contributed by atoms with Gasteiger partial charge in [0.2, 0.25) is 11.8 Å². The summed E-state index contributed by atoms with van der Waals surface area (Å²) in [6.07, 6.45) is 2.73. The first-order valence-electron chi connectivity index (χ1n) is 8.43. The van der Waals surface area contributed by atoms with Crippen molar-refractivity contribution in [2.24, 2.45) is 5.73 Å². The largest absolute Gasteiger partial charge is 0.370 e. The van der Waals surface area contributed by atoms with Crippen molar-refractivity contribution in [3.63, 3.8) is 0 Å². The van der Waals surface area contributed by atoms with E-state index < -0.39 is 5.91 Å². The summed E-state index contributed by atoms with van der Waals surface area (Å²) in [5.74, 6) is 1.53. The van der Waals surface area contributed by atoms with Gasteiger partial charge in [-0.05, 0) is 31.0 Å². The molecule has 0 saturated carbocycles. The third kappa shape index (κ3) is 4.21. The molecule has 6 nitrogen and oxygen atoms in total. The van der Waals surface area contributed by atoms with Gasteiger partial charge in [0.1, 0.15) is 0 Å². The van der Waals surface area contributed by atoms with Crippen LogP contribution in [-0.2, 0) is 4.79 Å². The van der Waals surface area contributed by atoms with Crippen molar-refractivity contribution in [1.29, 1.82) is 0 Å². The minimum Gasteiger partial charge on any atom is -0.370 e. The zero-order chi connectivity index (χ0) is 16.9. The lowest BCUT2D eigenvalue weighted by Gasteiger charge is -2.24. The Kier molecular flexibility index (Phi) is 5.63. The van der Waals surface area contributed by atoms with Gasteiger partial charge in [0.25, 0.3) is 0 Å². The quantitative estimate of drug-likeness (QED) is 0.749. The van der Waals surface area contributed by atoms with Crippen molar-refractivity contribution in [3.05, 3.63) is 23.8 Å². The van der Waals surface area contributed by atoms with Gasteiger partial charge >= 0.3 is 0 Å². The van der Waals surface area contributed by atoms with Crippen molar-refractivity contribution in [1.82, 2.24) is 5.32 Å². The number of hydrogen-bond acceptors (Lipinski definition) is 5. The van der Waals surface area contributed by atoms with Crippen molar-refractivity contribution in [3.8, 4) is 0 Å². The summed E-state index contributed by atoms with van der Waals surface area (Å²) < 4.78 is 0. The van der Waals surface area contributed by atoms with Gasteiger partial charge < -0.3 is 21.3 Å². The second-order valence-electron chi connectivity index (χ2n) is 6.27. The molecular formula is C17H24N4O2S. The molecule has 1 atom stereocenters. The molecule has 2 aliphatic heterocycles. The Labute approximate surface area is 146 Å². The van der Waals surface area contributed by atoms with Crippen molar-refractivity contribution in [2.45, 2.75) is 25.3 Å². The van der Waals surface area contributed by atoms with Gasteiger partial charge in [-0.15, -0.1) is 0 Å². The van der Waals surface area contributed by atoms with Crippen LogP contribution < -0.4 is 21.3 Å². The number of amides is 2. The van der Waals surface area contributed by atoms with E-state index in [9.17, 15) is 9.59 Å². The van der Waals surface area contributed by atoms with Gasteiger partial charge in [-0.1, -0.05) is 0 Å². The molecular weight excluding hydrogens is 324 g/mol. The van der Waals surface area contributed by atoms with Gasteiger partial charge in [-0.3, -0.25) is 9.59 Å². The summed E-state index contributed by atoms with van der Waals surface area (Å²) in [6.45, 7) is 2.89. The average Bonchev–Trinajstić information content (AvgIpc) is 3.09. The number of anilines is 2. The Bertz CT molecular complexity index is 611. The second-order valence-corrected chi connectivity index (χ2v) is 7.42. The number of nitrogens with two attached hydrogens (primary N) is 1. The normalized spacial score (nSPS) is 20.8. The van der Waals surface area contributed by atoms with Gasteiger partial charge in [-0.2, -0.15) is 11.8 Å². The van der Waals surface area contributed by atoms with E-state index in [1.807, 2.05) is 17.8 Å². The highest BCUT2D eigenvalue weighted by atomic mass is 32.2. The predicted molar refractivity (Wildman–Crippen MR) is 98.8 cm³/mol. The highest BCUT2D eigenvalue weighted by Crippen LogP contribution is 2.30. The van der Waals surface area contributed by atoms with E-state index in [0.717, 1.165) is 49.7 Å². The molecule has 4 N–H and O–H groups in total. The molecule has 2 amide bonds. The van der Waals surface area contributed by atoms with E-state index in [4.69, 9.17) is 5.73 Å². The molecule has 2 saturated heterocycles. The van der Waals surface area contributed by atoms with E-state index in [1.54, 1.807) is 12.1 Å². The Morgan fingerprint density at radius 1 is 1.33 bits per heavy atom. The zero-order valence-corrected chi connectivity index (χ0v) is 14.5. The fourth-order valence-corrected chi connectivity index (χ4v) is 4.15. The first kappa shape index (κ1) is 17.1. The van der Waals surface area contributed by atoms with Crippen LogP contribution in [0.1, 0.15) is 29.6 Å². The van der Waals surface area contributed by atoms with Crippen molar-refractivity contribution in [2.75, 3.05) is 41.4 Å². The van der Waals surface area contributed by atoms with Crippen LogP contribution in [0, 0.1) is 0 Å². The molecule has 0 aliphatic carbocycles. The van der Waals surface area contributed by atoms with E-state index in [1.165, 1.54) is 0 Å². The van der Waals surface area contributed by atoms with Crippen LogP contribution in [0.3, 0.4) is 0 Å². The molecule has 130 valence electrons. The Morgan fingerprint density at radius 2 is 2.12 bits per heavy atom. The van der Waals surface area contributed by atoms with Crippen LogP contribution in [0.4, 0.5) is 11.4 Å². The highest BCUT2D eigenvalue weighted by Gasteiger charge is 2.21. The van der Waals surface area contributed by atoms with E-state index >= 15 is 0 Å². The lowest BCUT2D eigenvalue weighted by Crippen LogP contribution is -2.40. The molecule has 0 spiro atoms. The summed E-state index contributed by atoms with van der Waals surface area (Å²) in [5.41, 5.74) is 7.46. The maximum absolute atomic E-state index is 12.4. The first-order chi connectivity index (χ1) is 11.6. The molecule has 0 aromatic heterocycles. The SMILES string of the molecule is NC(=O)c1ccc(N2CCCC2)c(NC(=O)CC2CSCCN2)c1. The summed E-state index contributed by atoms with van der Waals surface area (Å²) in [5, 5.41) is 6.36. The summed E-state index contributed by atoms with van der Waals surface area (Å²) in [6, 6.07) is 5.51. The Balaban J connectivity index is 1.74. The average molecular weight is 348 g/mol.